The molecule has 2 aliphatic heterocycles. The topological polar surface area (TPSA) is 32.5 Å². The van der Waals surface area contributed by atoms with Crippen LogP contribution in [0.1, 0.15) is 24.0 Å². The summed E-state index contributed by atoms with van der Waals surface area (Å²) in [4.78, 5) is 5.41. The third-order valence-corrected chi connectivity index (χ3v) is 5.80. The molecule has 2 N–H and O–H groups in total. The molecule has 0 amide bonds. The van der Waals surface area contributed by atoms with Crippen molar-refractivity contribution in [2.75, 3.05) is 32.7 Å². The largest absolute Gasteiger partial charge is 0.329 e. The molecule has 0 radical (unpaired) electrons. The molecule has 2 heterocycles. The van der Waals surface area contributed by atoms with E-state index in [1.165, 1.54) is 50.1 Å². The van der Waals surface area contributed by atoms with E-state index in [1.54, 1.807) is 0 Å². The van der Waals surface area contributed by atoms with E-state index in [-0.39, 0.29) is 5.54 Å². The molecule has 1 aliphatic carbocycles. The highest BCUT2D eigenvalue weighted by atomic mass is 15.3. The van der Waals surface area contributed by atoms with Crippen LogP contribution in [0, 0.1) is 0 Å². The van der Waals surface area contributed by atoms with Crippen LogP contribution in [0.2, 0.25) is 0 Å². The van der Waals surface area contributed by atoms with E-state index in [1.807, 2.05) is 0 Å². The van der Waals surface area contributed by atoms with Gasteiger partial charge in [-0.3, -0.25) is 9.80 Å². The van der Waals surface area contributed by atoms with E-state index in [2.05, 4.69) is 34.1 Å². The first-order chi connectivity index (χ1) is 9.81. The molecule has 0 spiro atoms. The molecule has 1 unspecified atom stereocenters. The van der Waals surface area contributed by atoms with Crippen molar-refractivity contribution >= 4 is 0 Å². The molecule has 2 saturated heterocycles. The second-order valence-corrected chi connectivity index (χ2v) is 6.83. The van der Waals surface area contributed by atoms with Gasteiger partial charge in [0.2, 0.25) is 0 Å². The molecule has 0 aromatic heterocycles. The molecule has 4 rings (SSSR count). The summed E-state index contributed by atoms with van der Waals surface area (Å²) in [5, 5.41) is 0. The van der Waals surface area contributed by atoms with Crippen LogP contribution in [0.4, 0.5) is 0 Å². The monoisotopic (exact) mass is 271 g/mol. The van der Waals surface area contributed by atoms with Crippen molar-refractivity contribution in [2.45, 2.75) is 37.3 Å². The number of benzene rings is 1. The van der Waals surface area contributed by atoms with Crippen LogP contribution in [0.15, 0.2) is 24.3 Å². The lowest BCUT2D eigenvalue weighted by atomic mass is 9.91. The fraction of sp³-hybridized carbons (Fsp3) is 0.647. The van der Waals surface area contributed by atoms with Gasteiger partial charge in [0.15, 0.2) is 0 Å². The van der Waals surface area contributed by atoms with Gasteiger partial charge in [0, 0.05) is 37.8 Å². The lowest BCUT2D eigenvalue weighted by Crippen LogP contribution is -2.62. The SMILES string of the molecule is NCC1(N2CCN3CCCC3C2)Cc2ccccc2C1. The Morgan fingerprint density at radius 3 is 2.55 bits per heavy atom. The van der Waals surface area contributed by atoms with Crippen molar-refractivity contribution in [1.82, 2.24) is 9.80 Å². The number of rotatable bonds is 2. The minimum Gasteiger partial charge on any atom is -0.329 e. The molecular formula is C17H25N3. The maximum atomic E-state index is 6.26. The maximum Gasteiger partial charge on any atom is 0.0413 e. The Hall–Kier alpha value is -0.900. The first kappa shape index (κ1) is 12.8. The van der Waals surface area contributed by atoms with Gasteiger partial charge in [0.05, 0.1) is 0 Å². The van der Waals surface area contributed by atoms with Gasteiger partial charge in [0.1, 0.15) is 0 Å². The van der Waals surface area contributed by atoms with Gasteiger partial charge in [-0.2, -0.15) is 0 Å². The first-order valence-corrected chi connectivity index (χ1v) is 8.07. The van der Waals surface area contributed by atoms with Gasteiger partial charge in [-0.15, -0.1) is 0 Å². The lowest BCUT2D eigenvalue weighted by Gasteiger charge is -2.47. The zero-order valence-electron chi connectivity index (χ0n) is 12.2. The number of nitrogens with zero attached hydrogens (tertiary/aromatic N) is 2. The Morgan fingerprint density at radius 2 is 1.85 bits per heavy atom. The maximum absolute atomic E-state index is 6.26. The predicted molar refractivity (Wildman–Crippen MR) is 81.8 cm³/mol. The van der Waals surface area contributed by atoms with E-state index in [0.29, 0.717) is 0 Å². The Balaban J connectivity index is 1.57. The van der Waals surface area contributed by atoms with Gasteiger partial charge >= 0.3 is 0 Å². The summed E-state index contributed by atoms with van der Waals surface area (Å²) >= 11 is 0. The van der Waals surface area contributed by atoms with E-state index in [9.17, 15) is 0 Å². The zero-order chi connectivity index (χ0) is 13.6. The number of fused-ring (bicyclic) bond motifs is 2. The van der Waals surface area contributed by atoms with Crippen molar-refractivity contribution < 1.29 is 0 Å². The fourth-order valence-electron chi connectivity index (χ4n) is 4.59. The normalized spacial score (nSPS) is 29.4. The average Bonchev–Trinajstić information content (AvgIpc) is 3.10. The van der Waals surface area contributed by atoms with Crippen molar-refractivity contribution in [3.63, 3.8) is 0 Å². The molecule has 108 valence electrons. The van der Waals surface area contributed by atoms with E-state index in [4.69, 9.17) is 5.73 Å². The van der Waals surface area contributed by atoms with Crippen LogP contribution in [-0.2, 0) is 12.8 Å². The Bertz CT molecular complexity index is 474. The highest BCUT2D eigenvalue weighted by Crippen LogP contribution is 2.36. The molecule has 2 fully saturated rings. The fourth-order valence-corrected chi connectivity index (χ4v) is 4.59. The van der Waals surface area contributed by atoms with Gasteiger partial charge < -0.3 is 5.73 Å². The molecule has 1 atom stereocenters. The summed E-state index contributed by atoms with van der Waals surface area (Å²) in [6.45, 7) is 5.76. The molecular weight excluding hydrogens is 246 g/mol. The number of hydrogen-bond donors (Lipinski definition) is 1. The van der Waals surface area contributed by atoms with Crippen LogP contribution >= 0.6 is 0 Å². The van der Waals surface area contributed by atoms with Crippen LogP contribution < -0.4 is 5.73 Å². The summed E-state index contributed by atoms with van der Waals surface area (Å²) in [5.74, 6) is 0. The standard InChI is InChI=1S/C17H25N3/c18-13-17(10-14-4-1-2-5-15(14)11-17)20-9-8-19-7-3-6-16(19)12-20/h1-2,4-5,16H,3,6-13,18H2. The molecule has 0 bridgehead atoms. The number of hydrogen-bond acceptors (Lipinski definition) is 3. The second kappa shape index (κ2) is 4.83. The van der Waals surface area contributed by atoms with Crippen molar-refractivity contribution in [2.24, 2.45) is 5.73 Å². The Morgan fingerprint density at radius 1 is 1.10 bits per heavy atom. The molecule has 3 aliphatic rings. The number of piperazine rings is 1. The molecule has 1 aromatic carbocycles. The van der Waals surface area contributed by atoms with Gasteiger partial charge in [-0.05, 0) is 43.4 Å². The second-order valence-electron chi connectivity index (χ2n) is 6.83. The van der Waals surface area contributed by atoms with Crippen molar-refractivity contribution in [3.05, 3.63) is 35.4 Å². The molecule has 1 aromatic rings. The van der Waals surface area contributed by atoms with Crippen LogP contribution in [0.5, 0.6) is 0 Å². The van der Waals surface area contributed by atoms with Gasteiger partial charge in [-0.1, -0.05) is 24.3 Å². The quantitative estimate of drug-likeness (QED) is 0.879. The molecule has 0 saturated carbocycles. The smallest absolute Gasteiger partial charge is 0.0413 e. The third-order valence-electron chi connectivity index (χ3n) is 5.80. The Labute approximate surface area is 121 Å². The van der Waals surface area contributed by atoms with Crippen LogP contribution in [0.25, 0.3) is 0 Å². The zero-order valence-corrected chi connectivity index (χ0v) is 12.2. The molecule has 3 nitrogen and oxygen atoms in total. The van der Waals surface area contributed by atoms with Crippen molar-refractivity contribution in [3.8, 4) is 0 Å². The molecule has 3 heteroatoms. The van der Waals surface area contributed by atoms with Crippen molar-refractivity contribution in [1.29, 1.82) is 0 Å². The van der Waals surface area contributed by atoms with Crippen LogP contribution in [-0.4, -0.2) is 54.1 Å². The predicted octanol–water partition coefficient (Wildman–Crippen LogP) is 1.26. The van der Waals surface area contributed by atoms with E-state index >= 15 is 0 Å². The minimum absolute atomic E-state index is 0.193. The summed E-state index contributed by atoms with van der Waals surface area (Å²) in [6.07, 6.45) is 5.05. The van der Waals surface area contributed by atoms with Gasteiger partial charge in [0.25, 0.3) is 0 Å². The summed E-state index contributed by atoms with van der Waals surface area (Å²) in [6, 6.07) is 9.70. The summed E-state index contributed by atoms with van der Waals surface area (Å²) in [7, 11) is 0. The third kappa shape index (κ3) is 1.92. The van der Waals surface area contributed by atoms with E-state index < -0.39 is 0 Å². The van der Waals surface area contributed by atoms with Crippen LogP contribution in [0.3, 0.4) is 0 Å². The Kier molecular flexibility index (Phi) is 3.09. The first-order valence-electron chi connectivity index (χ1n) is 8.07. The summed E-state index contributed by atoms with van der Waals surface area (Å²) in [5.41, 5.74) is 9.49. The van der Waals surface area contributed by atoms with Gasteiger partial charge in [-0.25, -0.2) is 0 Å². The minimum atomic E-state index is 0.193. The highest BCUT2D eigenvalue weighted by molar-refractivity contribution is 5.36. The number of nitrogens with two attached hydrogens (primary N) is 1. The average molecular weight is 271 g/mol. The highest BCUT2D eigenvalue weighted by Gasteiger charge is 2.44. The molecule has 20 heavy (non-hydrogen) atoms. The van der Waals surface area contributed by atoms with E-state index in [0.717, 1.165) is 25.4 Å². The summed E-state index contributed by atoms with van der Waals surface area (Å²) < 4.78 is 0. The lowest BCUT2D eigenvalue weighted by molar-refractivity contribution is 0.0229.